The van der Waals surface area contributed by atoms with Crippen molar-refractivity contribution in [3.8, 4) is 17.2 Å². The highest BCUT2D eigenvalue weighted by Gasteiger charge is 2.35. The molecule has 1 fully saturated rings. The number of nitrogens with one attached hydrogen (secondary N) is 2. The van der Waals surface area contributed by atoms with Crippen LogP contribution in [0.3, 0.4) is 0 Å². The Morgan fingerprint density at radius 2 is 1.79 bits per heavy atom. The maximum atomic E-state index is 14.6. The van der Waals surface area contributed by atoms with Crippen LogP contribution < -0.4 is 29.1 Å². The summed E-state index contributed by atoms with van der Waals surface area (Å²) in [7, 11) is -0.566. The van der Waals surface area contributed by atoms with Gasteiger partial charge in [-0.1, -0.05) is 6.07 Å². The van der Waals surface area contributed by atoms with Crippen molar-refractivity contribution in [1.29, 1.82) is 0 Å². The van der Waals surface area contributed by atoms with Crippen molar-refractivity contribution in [2.75, 3.05) is 44.4 Å². The van der Waals surface area contributed by atoms with E-state index in [-0.39, 0.29) is 50.2 Å². The van der Waals surface area contributed by atoms with Gasteiger partial charge in [0.2, 0.25) is 15.9 Å². The Labute approximate surface area is 272 Å². The summed E-state index contributed by atoms with van der Waals surface area (Å²) in [6, 6.07) is 14.9. The number of fused-ring (bicyclic) bond motifs is 5. The number of hydrogen-bond acceptors (Lipinski definition) is 8. The highest BCUT2D eigenvalue weighted by Crippen LogP contribution is 2.29. The molecule has 0 spiro atoms. The Hall–Kier alpha value is -4.85. The van der Waals surface area contributed by atoms with E-state index in [1.54, 1.807) is 47.4 Å². The summed E-state index contributed by atoms with van der Waals surface area (Å²) >= 11 is 0. The number of benzene rings is 3. The topological polar surface area (TPSA) is 144 Å². The first kappa shape index (κ1) is 33.5. The van der Waals surface area contributed by atoms with E-state index in [1.165, 1.54) is 26.3 Å². The first-order chi connectivity index (χ1) is 22.4. The molecule has 4 bridgehead atoms. The molecule has 2 atom stereocenters. The lowest BCUT2D eigenvalue weighted by Gasteiger charge is -2.39. The summed E-state index contributed by atoms with van der Waals surface area (Å²) in [6.07, 6.45) is 1.36. The van der Waals surface area contributed by atoms with Crippen molar-refractivity contribution in [2.45, 2.75) is 38.0 Å². The van der Waals surface area contributed by atoms with Crippen LogP contribution in [0.2, 0.25) is 0 Å². The van der Waals surface area contributed by atoms with Crippen molar-refractivity contribution in [3.05, 3.63) is 83.2 Å². The number of aryl methyl sites for hydroxylation is 1. The summed E-state index contributed by atoms with van der Waals surface area (Å²) < 4.78 is 57.0. The maximum Gasteiger partial charge on any atom is 0.258 e. The quantitative estimate of drug-likeness (QED) is 0.432. The van der Waals surface area contributed by atoms with E-state index in [0.29, 0.717) is 41.2 Å². The monoisotopic (exact) mass is 668 g/mol. The van der Waals surface area contributed by atoms with Crippen molar-refractivity contribution in [2.24, 2.45) is 0 Å². The summed E-state index contributed by atoms with van der Waals surface area (Å²) in [6.45, 7) is 0.0869. The van der Waals surface area contributed by atoms with Crippen molar-refractivity contribution >= 4 is 33.4 Å². The molecule has 0 aliphatic carbocycles. The van der Waals surface area contributed by atoms with E-state index >= 15 is 0 Å². The minimum Gasteiger partial charge on any atom is -0.493 e. The third-order valence-corrected chi connectivity index (χ3v) is 9.30. The van der Waals surface area contributed by atoms with E-state index in [0.717, 1.165) is 16.1 Å². The summed E-state index contributed by atoms with van der Waals surface area (Å²) in [5.74, 6) is -0.564. The molecule has 12 nitrogen and oxygen atoms in total. The number of methoxy groups -OCH3 is 1. The Morgan fingerprint density at radius 3 is 2.51 bits per heavy atom. The van der Waals surface area contributed by atoms with Gasteiger partial charge in [0.25, 0.3) is 11.8 Å². The van der Waals surface area contributed by atoms with Gasteiger partial charge in [0.15, 0.2) is 18.1 Å². The number of hydrogen-bond donors (Lipinski definition) is 2. The number of likely N-dealkylation sites (tertiary alicyclic amines) is 1. The van der Waals surface area contributed by atoms with Gasteiger partial charge in [-0.25, -0.2) is 12.8 Å². The maximum absolute atomic E-state index is 14.6. The fourth-order valence-electron chi connectivity index (χ4n) is 5.48. The molecule has 3 amide bonds. The molecular weight excluding hydrogens is 631 g/mol. The Kier molecular flexibility index (Phi) is 10.2. The number of halogens is 1. The SMILES string of the molecule is COc1ccc2cc1OCC(=O)N[C@@H]1CN(C(=O)c3ccc(N(C)S(C)(=O)=O)cc3)CC[C@H]1Oc1cc(F)cc(c1)CNC(=O)CC2. The van der Waals surface area contributed by atoms with Crippen LogP contribution in [0, 0.1) is 5.82 Å². The minimum absolute atomic E-state index is 0.0806. The number of sulfonamides is 1. The van der Waals surface area contributed by atoms with Crippen LogP contribution in [0.1, 0.15) is 34.3 Å². The smallest absolute Gasteiger partial charge is 0.258 e. The molecule has 2 N–H and O–H groups in total. The standard InChI is InChI=1S/C33H37FN4O8S/c1-37(47(3,42)43)25-8-6-23(7-9-25)33(41)38-13-12-28-27(19-38)36-32(40)20-45-30-16-21(4-10-29(30)44-2)5-11-31(39)35-18-22-14-24(34)17-26(15-22)46-28/h4,6-10,14-17,27-28H,5,11-13,18-20H2,1-3H3,(H,35,39)(H,36,40)/t27-,28-/m1/s1. The predicted octanol–water partition coefficient (Wildman–Crippen LogP) is 2.65. The highest BCUT2D eigenvalue weighted by atomic mass is 32.2. The zero-order valence-corrected chi connectivity index (χ0v) is 27.1. The molecule has 5 rings (SSSR count). The lowest BCUT2D eigenvalue weighted by molar-refractivity contribution is -0.125. The number of nitrogens with zero attached hydrogens (tertiary/aromatic N) is 2. The fraction of sp³-hybridized carbons (Fsp3) is 0.364. The first-order valence-corrected chi connectivity index (χ1v) is 16.9. The van der Waals surface area contributed by atoms with Gasteiger partial charge in [-0.2, -0.15) is 0 Å². The average Bonchev–Trinajstić information content (AvgIpc) is 3.04. The molecule has 0 aromatic heterocycles. The van der Waals surface area contributed by atoms with Crippen molar-refractivity contribution in [1.82, 2.24) is 15.5 Å². The van der Waals surface area contributed by atoms with Gasteiger partial charge in [-0.15, -0.1) is 0 Å². The number of anilines is 1. The Bertz CT molecular complexity index is 1750. The van der Waals surface area contributed by atoms with Gasteiger partial charge >= 0.3 is 0 Å². The fourth-order valence-corrected chi connectivity index (χ4v) is 5.98. The summed E-state index contributed by atoms with van der Waals surface area (Å²) in [5.41, 5.74) is 2.06. The molecule has 2 heterocycles. The van der Waals surface area contributed by atoms with Gasteiger partial charge in [-0.05, 0) is 66.1 Å². The lowest BCUT2D eigenvalue weighted by atomic mass is 10.00. The van der Waals surface area contributed by atoms with Gasteiger partial charge in [0.05, 0.1) is 25.1 Å². The molecule has 2 aliphatic heterocycles. The Morgan fingerprint density at radius 1 is 1.02 bits per heavy atom. The second kappa shape index (κ2) is 14.3. The number of piperidine rings is 1. The third kappa shape index (κ3) is 8.50. The van der Waals surface area contributed by atoms with Crippen LogP contribution in [0.4, 0.5) is 10.1 Å². The van der Waals surface area contributed by atoms with Gasteiger partial charge in [0, 0.05) is 51.2 Å². The zero-order valence-electron chi connectivity index (χ0n) is 26.3. The average molecular weight is 669 g/mol. The van der Waals surface area contributed by atoms with Gasteiger partial charge in [-0.3, -0.25) is 18.7 Å². The van der Waals surface area contributed by atoms with Gasteiger partial charge < -0.3 is 29.7 Å². The van der Waals surface area contributed by atoms with Crippen molar-refractivity contribution < 1.29 is 41.4 Å². The third-order valence-electron chi connectivity index (χ3n) is 8.09. The predicted molar refractivity (Wildman–Crippen MR) is 172 cm³/mol. The second-order valence-corrected chi connectivity index (χ2v) is 13.5. The molecule has 250 valence electrons. The molecular formula is C33H37FN4O8S. The molecule has 0 unspecified atom stereocenters. The molecule has 1 saturated heterocycles. The second-order valence-electron chi connectivity index (χ2n) is 11.5. The molecule has 47 heavy (non-hydrogen) atoms. The summed E-state index contributed by atoms with van der Waals surface area (Å²) in [5, 5.41) is 5.74. The van der Waals surface area contributed by atoms with Crippen LogP contribution in [-0.4, -0.2) is 83.3 Å². The van der Waals surface area contributed by atoms with E-state index in [1.807, 2.05) is 6.07 Å². The van der Waals surface area contributed by atoms with Crippen LogP contribution in [0.5, 0.6) is 17.2 Å². The molecule has 2 aliphatic rings. The zero-order chi connectivity index (χ0) is 33.7. The minimum atomic E-state index is -3.47. The van der Waals surface area contributed by atoms with E-state index in [9.17, 15) is 27.2 Å². The Balaban J connectivity index is 1.39. The summed E-state index contributed by atoms with van der Waals surface area (Å²) in [4.78, 5) is 40.9. The van der Waals surface area contributed by atoms with Crippen LogP contribution in [0.25, 0.3) is 0 Å². The van der Waals surface area contributed by atoms with E-state index in [4.69, 9.17) is 14.2 Å². The number of ether oxygens (including phenoxy) is 3. The normalized spacial score (nSPS) is 19.0. The number of amides is 3. The molecule has 3 aromatic rings. The molecule has 0 radical (unpaired) electrons. The molecule has 14 heteroatoms. The first-order valence-electron chi connectivity index (χ1n) is 15.0. The van der Waals surface area contributed by atoms with Crippen molar-refractivity contribution in [3.63, 3.8) is 0 Å². The largest absolute Gasteiger partial charge is 0.493 e. The van der Waals surface area contributed by atoms with E-state index < -0.39 is 33.9 Å². The molecule has 0 saturated carbocycles. The number of rotatable bonds is 4. The molecule has 3 aromatic carbocycles. The highest BCUT2D eigenvalue weighted by molar-refractivity contribution is 7.92. The van der Waals surface area contributed by atoms with Crippen LogP contribution >= 0.6 is 0 Å². The number of carbonyl (C=O) groups excluding carboxylic acids is 3. The number of carbonyl (C=O) groups is 3. The van der Waals surface area contributed by atoms with Crippen LogP contribution in [0.15, 0.2) is 60.7 Å². The van der Waals surface area contributed by atoms with E-state index in [2.05, 4.69) is 10.6 Å². The van der Waals surface area contributed by atoms with Gasteiger partial charge in [0.1, 0.15) is 17.7 Å². The lowest BCUT2D eigenvalue weighted by Crippen LogP contribution is -2.58. The van der Waals surface area contributed by atoms with Crippen LogP contribution in [-0.2, 0) is 32.6 Å².